The topological polar surface area (TPSA) is 29.5 Å². The van der Waals surface area contributed by atoms with E-state index in [1.807, 2.05) is 0 Å². The fourth-order valence-electron chi connectivity index (χ4n) is 0. The van der Waals surface area contributed by atoms with Crippen LogP contribution < -0.4 is 0 Å². The van der Waals surface area contributed by atoms with Crippen molar-refractivity contribution in [3.05, 3.63) is 12.7 Å². The van der Waals surface area contributed by atoms with E-state index in [2.05, 4.69) is 34.2 Å². The molecular formula is C3H6Cl2O2. The molecule has 0 rings (SSSR count). The van der Waals surface area contributed by atoms with Gasteiger partial charge in [0.15, 0.2) is 0 Å². The number of aliphatic hydroxyl groups is 1. The second kappa shape index (κ2) is 16.3. The lowest BCUT2D eigenvalue weighted by atomic mass is 10.7. The van der Waals surface area contributed by atoms with E-state index in [9.17, 15) is 0 Å². The first-order valence-corrected chi connectivity index (χ1v) is 2.06. The number of hydrogen-bond acceptors (Lipinski definition) is 2. The van der Waals surface area contributed by atoms with Crippen LogP contribution in [-0.2, 0) is 3.84 Å². The summed E-state index contributed by atoms with van der Waals surface area (Å²) in [6.07, 6.45) is 1.43. The third-order valence-corrected chi connectivity index (χ3v) is 0.129. The first kappa shape index (κ1) is 10.3. The third-order valence-electron chi connectivity index (χ3n) is 0.129. The van der Waals surface area contributed by atoms with Crippen molar-refractivity contribution < 1.29 is 8.95 Å². The maximum atomic E-state index is 7.76. The summed E-state index contributed by atoms with van der Waals surface area (Å²) in [4.78, 5) is 0. The smallest absolute Gasteiger partial charge is 0.0832 e. The molecule has 0 saturated heterocycles. The van der Waals surface area contributed by atoms with Gasteiger partial charge in [0.1, 0.15) is 0 Å². The minimum atomic E-state index is 0.0833. The van der Waals surface area contributed by atoms with Crippen molar-refractivity contribution in [2.45, 2.75) is 0 Å². The van der Waals surface area contributed by atoms with Gasteiger partial charge in [0, 0.05) is 0 Å². The molecule has 7 heavy (non-hydrogen) atoms. The van der Waals surface area contributed by atoms with Gasteiger partial charge in [-0.05, 0) is 0 Å². The van der Waals surface area contributed by atoms with Crippen LogP contribution in [0.4, 0.5) is 0 Å². The predicted molar refractivity (Wildman–Crippen MR) is 30.1 cm³/mol. The van der Waals surface area contributed by atoms with E-state index in [1.165, 1.54) is 6.08 Å². The van der Waals surface area contributed by atoms with Crippen molar-refractivity contribution in [3.8, 4) is 0 Å². The average molecular weight is 145 g/mol. The Hall–Kier alpha value is 0.240. The first-order valence-electron chi connectivity index (χ1n) is 1.44. The van der Waals surface area contributed by atoms with Crippen molar-refractivity contribution in [1.82, 2.24) is 0 Å². The van der Waals surface area contributed by atoms with Crippen molar-refractivity contribution >= 4 is 23.7 Å². The highest BCUT2D eigenvalue weighted by Gasteiger charge is 1.45. The molecule has 0 aromatic carbocycles. The van der Waals surface area contributed by atoms with Crippen LogP contribution in [0.5, 0.6) is 0 Å². The zero-order valence-electron chi connectivity index (χ0n) is 3.60. The number of halogens is 2. The highest BCUT2D eigenvalue weighted by atomic mass is 35.6. The number of rotatable bonds is 1. The van der Waals surface area contributed by atoms with Gasteiger partial charge in [0.25, 0.3) is 0 Å². The molecule has 44 valence electrons. The summed E-state index contributed by atoms with van der Waals surface area (Å²) in [5.41, 5.74) is 0. The van der Waals surface area contributed by atoms with E-state index in [0.717, 1.165) is 0 Å². The molecule has 0 saturated carbocycles. The Morgan fingerprint density at radius 1 is 1.71 bits per heavy atom. The van der Waals surface area contributed by atoms with Crippen LogP contribution in [-0.4, -0.2) is 11.7 Å². The Kier molecular flexibility index (Phi) is 23.9. The van der Waals surface area contributed by atoms with Crippen LogP contribution in [0.15, 0.2) is 12.7 Å². The van der Waals surface area contributed by atoms with Crippen LogP contribution in [0.3, 0.4) is 0 Å². The van der Waals surface area contributed by atoms with E-state index >= 15 is 0 Å². The lowest BCUT2D eigenvalue weighted by molar-refractivity contribution is 0.343. The molecule has 4 heteroatoms. The van der Waals surface area contributed by atoms with Crippen molar-refractivity contribution in [1.29, 1.82) is 0 Å². The zero-order valence-corrected chi connectivity index (χ0v) is 5.11. The summed E-state index contributed by atoms with van der Waals surface area (Å²) in [6.45, 7) is 3.31. The molecule has 0 aromatic rings. The van der Waals surface area contributed by atoms with Crippen molar-refractivity contribution in [3.63, 3.8) is 0 Å². The van der Waals surface area contributed by atoms with Gasteiger partial charge in [-0.1, -0.05) is 6.08 Å². The standard InChI is InChI=1S/C3H6O.Cl2O/c1-2-3-4;1-3-2/h2,4H,1,3H2;. The lowest BCUT2D eigenvalue weighted by Gasteiger charge is -1.60. The largest absolute Gasteiger partial charge is 0.392 e. The molecule has 0 aliphatic rings. The van der Waals surface area contributed by atoms with E-state index in [1.54, 1.807) is 0 Å². The highest BCUT2D eigenvalue weighted by Crippen LogP contribution is 1.78. The maximum absolute atomic E-state index is 7.76. The summed E-state index contributed by atoms with van der Waals surface area (Å²) in [5, 5.41) is 7.76. The molecule has 0 heterocycles. The quantitative estimate of drug-likeness (QED) is 0.566. The Balaban J connectivity index is 0. The fraction of sp³-hybridized carbons (Fsp3) is 0.333. The molecular weight excluding hydrogens is 139 g/mol. The number of hydrogen-bond donors (Lipinski definition) is 1. The second-order valence-electron chi connectivity index (χ2n) is 0.530. The van der Waals surface area contributed by atoms with Gasteiger partial charge < -0.3 is 5.11 Å². The summed E-state index contributed by atoms with van der Waals surface area (Å²) in [5.74, 6) is 0. The Bertz CT molecular complexity index is 32.1. The minimum Gasteiger partial charge on any atom is -0.392 e. The molecule has 0 radical (unpaired) electrons. The number of aliphatic hydroxyl groups excluding tert-OH is 1. The molecule has 0 atom stereocenters. The molecule has 0 aliphatic heterocycles. The van der Waals surface area contributed by atoms with Gasteiger partial charge in [-0.2, -0.15) is 3.84 Å². The monoisotopic (exact) mass is 144 g/mol. The molecule has 0 unspecified atom stereocenters. The van der Waals surface area contributed by atoms with Gasteiger partial charge in [-0.3, -0.25) is 0 Å². The third kappa shape index (κ3) is 73.0. The predicted octanol–water partition coefficient (Wildman–Crippen LogP) is 1.48. The van der Waals surface area contributed by atoms with Crippen LogP contribution >= 0.6 is 23.7 Å². The second-order valence-corrected chi connectivity index (χ2v) is 0.996. The SMILES string of the molecule is C=CCO.ClOCl. The van der Waals surface area contributed by atoms with E-state index in [-0.39, 0.29) is 6.61 Å². The van der Waals surface area contributed by atoms with Gasteiger partial charge in [0.2, 0.25) is 0 Å². The molecule has 2 nitrogen and oxygen atoms in total. The fourth-order valence-corrected chi connectivity index (χ4v) is 0. The summed E-state index contributed by atoms with van der Waals surface area (Å²) < 4.78 is 3.19. The average Bonchev–Trinajstić information content (AvgIpc) is 1.69. The Morgan fingerprint density at radius 3 is 1.86 bits per heavy atom. The van der Waals surface area contributed by atoms with E-state index in [0.29, 0.717) is 0 Å². The van der Waals surface area contributed by atoms with Crippen LogP contribution in [0.2, 0.25) is 0 Å². The lowest BCUT2D eigenvalue weighted by Crippen LogP contribution is -1.62. The molecule has 0 amide bonds. The van der Waals surface area contributed by atoms with Gasteiger partial charge in [-0.25, -0.2) is 0 Å². The van der Waals surface area contributed by atoms with Gasteiger partial charge in [-0.15, -0.1) is 6.58 Å². The summed E-state index contributed by atoms with van der Waals surface area (Å²) in [6, 6.07) is 0. The zero-order chi connectivity index (χ0) is 6.12. The molecule has 0 spiro atoms. The molecule has 0 fully saturated rings. The normalized spacial score (nSPS) is 6.14. The summed E-state index contributed by atoms with van der Waals surface area (Å²) in [7, 11) is 0. The Labute approximate surface area is 52.6 Å². The molecule has 0 aromatic heterocycles. The molecule has 0 aliphatic carbocycles. The first-order chi connectivity index (χ1) is 3.33. The summed E-state index contributed by atoms with van der Waals surface area (Å²) >= 11 is 8.53. The molecule has 0 bridgehead atoms. The van der Waals surface area contributed by atoms with Crippen LogP contribution in [0.1, 0.15) is 0 Å². The van der Waals surface area contributed by atoms with Gasteiger partial charge >= 0.3 is 0 Å². The van der Waals surface area contributed by atoms with Crippen molar-refractivity contribution in [2.24, 2.45) is 0 Å². The highest BCUT2D eigenvalue weighted by molar-refractivity contribution is 6.24. The van der Waals surface area contributed by atoms with E-state index < -0.39 is 0 Å². The van der Waals surface area contributed by atoms with Crippen LogP contribution in [0, 0.1) is 0 Å². The maximum Gasteiger partial charge on any atom is 0.0832 e. The minimum absolute atomic E-state index is 0.0833. The Morgan fingerprint density at radius 2 is 1.86 bits per heavy atom. The van der Waals surface area contributed by atoms with E-state index in [4.69, 9.17) is 5.11 Å². The van der Waals surface area contributed by atoms with Gasteiger partial charge in [0.05, 0.1) is 30.3 Å². The molecule has 1 N–H and O–H groups in total. The van der Waals surface area contributed by atoms with Crippen molar-refractivity contribution in [2.75, 3.05) is 6.61 Å². The van der Waals surface area contributed by atoms with Crippen LogP contribution in [0.25, 0.3) is 0 Å².